The van der Waals surface area contributed by atoms with Crippen LogP contribution in [0.1, 0.15) is 38.6 Å². The summed E-state index contributed by atoms with van der Waals surface area (Å²) in [5.41, 5.74) is -0.286. The molecular formula is C26H23F4N5O. The maximum atomic E-state index is 15.3. The molecule has 0 bridgehead atoms. The molecule has 0 spiro atoms. The summed E-state index contributed by atoms with van der Waals surface area (Å²) in [4.78, 5) is 6.28. The number of aryl methyl sites for hydroxylation is 1. The Kier molecular flexibility index (Phi) is 5.54. The highest BCUT2D eigenvalue weighted by atomic mass is 19.3. The number of fused-ring (bicyclic) bond motifs is 4. The van der Waals surface area contributed by atoms with E-state index < -0.39 is 23.0 Å². The van der Waals surface area contributed by atoms with Gasteiger partial charge in [-0.05, 0) is 51.5 Å². The summed E-state index contributed by atoms with van der Waals surface area (Å²) in [6.07, 6.45) is 0.539. The summed E-state index contributed by atoms with van der Waals surface area (Å²) in [6.45, 7) is 5.97. The molecule has 4 aromatic rings. The summed E-state index contributed by atoms with van der Waals surface area (Å²) < 4.78 is 65.2. The minimum absolute atomic E-state index is 0.0264. The van der Waals surface area contributed by atoms with E-state index in [0.29, 0.717) is 47.9 Å². The number of hydrogen-bond donors (Lipinski definition) is 0. The first-order chi connectivity index (χ1) is 17.0. The molecule has 0 radical (unpaired) electrons. The predicted octanol–water partition coefficient (Wildman–Crippen LogP) is 5.82. The number of alkyl halides is 2. The molecule has 186 valence electrons. The molecule has 10 heteroatoms. The summed E-state index contributed by atoms with van der Waals surface area (Å²) in [5.74, 6) is 1.67. The van der Waals surface area contributed by atoms with Crippen molar-refractivity contribution in [3.8, 4) is 17.6 Å². The fraction of sp³-hybridized carbons (Fsp3) is 0.346. The van der Waals surface area contributed by atoms with Gasteiger partial charge in [-0.15, -0.1) is 10.2 Å². The first kappa shape index (κ1) is 23.9. The molecule has 1 aliphatic heterocycles. The van der Waals surface area contributed by atoms with Gasteiger partial charge >= 0.3 is 0 Å². The van der Waals surface area contributed by atoms with Gasteiger partial charge in [0.1, 0.15) is 11.6 Å². The Morgan fingerprint density at radius 3 is 2.58 bits per heavy atom. The first-order valence-electron chi connectivity index (χ1n) is 11.4. The Hall–Kier alpha value is -3.87. The summed E-state index contributed by atoms with van der Waals surface area (Å²) in [6, 6.07) is 7.65. The summed E-state index contributed by atoms with van der Waals surface area (Å²) >= 11 is 0. The van der Waals surface area contributed by atoms with E-state index in [4.69, 9.17) is 4.74 Å². The van der Waals surface area contributed by atoms with Crippen LogP contribution < -0.4 is 9.64 Å². The fourth-order valence-corrected chi connectivity index (χ4v) is 4.05. The van der Waals surface area contributed by atoms with Gasteiger partial charge in [-0.25, -0.2) is 17.6 Å². The normalized spacial score (nSPS) is 14.3. The Morgan fingerprint density at radius 1 is 1.06 bits per heavy atom. The molecule has 6 nitrogen and oxygen atoms in total. The lowest BCUT2D eigenvalue weighted by molar-refractivity contribution is -0.0585. The molecule has 0 saturated carbocycles. The number of para-hydroxylation sites is 1. The molecule has 2 aromatic heterocycles. The molecule has 0 amide bonds. The second-order valence-corrected chi connectivity index (χ2v) is 9.34. The molecule has 0 N–H and O–H groups in total. The highest BCUT2D eigenvalue weighted by molar-refractivity contribution is 5.95. The van der Waals surface area contributed by atoms with Gasteiger partial charge in [0.05, 0.1) is 34.2 Å². The van der Waals surface area contributed by atoms with Crippen molar-refractivity contribution in [1.29, 1.82) is 0 Å². The van der Waals surface area contributed by atoms with Crippen molar-refractivity contribution in [3.05, 3.63) is 53.4 Å². The van der Waals surface area contributed by atoms with Crippen LogP contribution in [0.4, 0.5) is 29.1 Å². The van der Waals surface area contributed by atoms with Gasteiger partial charge in [-0.2, -0.15) is 4.98 Å². The first-order valence-corrected chi connectivity index (χ1v) is 11.4. The van der Waals surface area contributed by atoms with Crippen LogP contribution in [0.3, 0.4) is 0 Å². The maximum absolute atomic E-state index is 15.3. The van der Waals surface area contributed by atoms with Gasteiger partial charge < -0.3 is 9.64 Å². The summed E-state index contributed by atoms with van der Waals surface area (Å²) in [5, 5.41) is 8.10. The van der Waals surface area contributed by atoms with Gasteiger partial charge in [0.2, 0.25) is 0 Å². The van der Waals surface area contributed by atoms with Crippen LogP contribution in [0.2, 0.25) is 0 Å². The number of benzene rings is 2. The van der Waals surface area contributed by atoms with Crippen LogP contribution in [0.25, 0.3) is 16.7 Å². The Morgan fingerprint density at radius 2 is 1.83 bits per heavy atom. The highest BCUT2D eigenvalue weighted by Gasteiger charge is 2.40. The minimum Gasteiger partial charge on any atom is -0.490 e. The van der Waals surface area contributed by atoms with Crippen molar-refractivity contribution in [1.82, 2.24) is 19.6 Å². The van der Waals surface area contributed by atoms with Crippen LogP contribution in [-0.4, -0.2) is 38.7 Å². The van der Waals surface area contributed by atoms with E-state index in [1.165, 1.54) is 19.9 Å². The van der Waals surface area contributed by atoms with E-state index in [1.54, 1.807) is 34.4 Å². The number of nitrogens with zero attached hydrogens (tertiary/aromatic N) is 5. The minimum atomic E-state index is -3.02. The van der Waals surface area contributed by atoms with Crippen molar-refractivity contribution in [2.75, 3.05) is 18.1 Å². The van der Waals surface area contributed by atoms with E-state index in [-0.39, 0.29) is 17.0 Å². The number of aromatic nitrogens is 4. The molecule has 0 unspecified atom stereocenters. The third-order valence-electron chi connectivity index (χ3n) is 6.47. The Balaban J connectivity index is 1.74. The third-order valence-corrected chi connectivity index (χ3v) is 6.47. The molecule has 0 saturated heterocycles. The number of rotatable bonds is 2. The van der Waals surface area contributed by atoms with Crippen molar-refractivity contribution in [3.63, 3.8) is 0 Å². The second-order valence-electron chi connectivity index (χ2n) is 9.34. The van der Waals surface area contributed by atoms with E-state index in [1.807, 2.05) is 0 Å². The van der Waals surface area contributed by atoms with E-state index in [0.717, 1.165) is 13.0 Å². The Labute approximate surface area is 204 Å². The van der Waals surface area contributed by atoms with Crippen LogP contribution >= 0.6 is 0 Å². The lowest BCUT2D eigenvalue weighted by atomic mass is 9.87. The van der Waals surface area contributed by atoms with Crippen molar-refractivity contribution >= 4 is 28.2 Å². The van der Waals surface area contributed by atoms with Crippen molar-refractivity contribution < 1.29 is 22.3 Å². The predicted molar refractivity (Wildman–Crippen MR) is 128 cm³/mol. The number of halogens is 4. The van der Waals surface area contributed by atoms with Crippen LogP contribution in [-0.2, 0) is 0 Å². The van der Waals surface area contributed by atoms with E-state index >= 15 is 4.39 Å². The third kappa shape index (κ3) is 3.79. The van der Waals surface area contributed by atoms with Crippen LogP contribution in [0.15, 0.2) is 30.3 Å². The zero-order valence-corrected chi connectivity index (χ0v) is 20.2. The monoisotopic (exact) mass is 497 g/mol. The molecule has 0 fully saturated rings. The average Bonchev–Trinajstić information content (AvgIpc) is 3.06. The highest BCUT2D eigenvalue weighted by Crippen LogP contribution is 2.42. The Bertz CT molecular complexity index is 1560. The lowest BCUT2D eigenvalue weighted by Gasteiger charge is -2.26. The zero-order valence-electron chi connectivity index (χ0n) is 20.2. The lowest BCUT2D eigenvalue weighted by Crippen LogP contribution is -2.31. The molecule has 1 aliphatic rings. The smallest absolute Gasteiger partial charge is 0.261 e. The average molecular weight is 497 g/mol. The van der Waals surface area contributed by atoms with Gasteiger partial charge in [-0.1, -0.05) is 17.9 Å². The zero-order chi connectivity index (χ0) is 25.8. The number of ether oxygens (including phenoxy) is 1. The molecular weight excluding hydrogens is 474 g/mol. The number of hydrogen-bond acceptors (Lipinski definition) is 5. The molecule has 0 aliphatic carbocycles. The molecule has 3 heterocycles. The molecule has 5 rings (SSSR count). The quantitative estimate of drug-likeness (QED) is 0.258. The van der Waals surface area contributed by atoms with Gasteiger partial charge in [0.25, 0.3) is 11.7 Å². The van der Waals surface area contributed by atoms with Gasteiger partial charge in [0.15, 0.2) is 17.4 Å². The maximum Gasteiger partial charge on any atom is 0.261 e. The van der Waals surface area contributed by atoms with Gasteiger partial charge in [0, 0.05) is 13.5 Å². The molecule has 2 aromatic carbocycles. The van der Waals surface area contributed by atoms with E-state index in [2.05, 4.69) is 27.0 Å². The second kappa shape index (κ2) is 8.36. The van der Waals surface area contributed by atoms with Crippen LogP contribution in [0.5, 0.6) is 5.75 Å². The topological polar surface area (TPSA) is 55.5 Å². The largest absolute Gasteiger partial charge is 0.490 e. The van der Waals surface area contributed by atoms with Gasteiger partial charge in [-0.3, -0.25) is 4.40 Å². The number of anilines is 2. The fourth-order valence-electron chi connectivity index (χ4n) is 4.05. The standard InChI is InChI=1S/C26H23F4N5O/c1-15-32-33-24-31-23(20-18(35(15)24)10-9-17(27)21(20)28)34-13-6-14-36-22-16(7-5-8-19(22)34)11-12-25(2,3)26(4,29)30/h5,7-10H,6,13-14H2,1-4H3. The van der Waals surface area contributed by atoms with Crippen molar-refractivity contribution in [2.24, 2.45) is 5.41 Å². The van der Waals surface area contributed by atoms with E-state index in [9.17, 15) is 13.2 Å². The molecule has 36 heavy (non-hydrogen) atoms. The van der Waals surface area contributed by atoms with Crippen LogP contribution in [0, 0.1) is 35.8 Å². The molecule has 0 atom stereocenters. The summed E-state index contributed by atoms with van der Waals surface area (Å²) in [7, 11) is 0. The van der Waals surface area contributed by atoms with Crippen molar-refractivity contribution in [2.45, 2.75) is 40.0 Å². The SMILES string of the molecule is Cc1nnc2nc(N3CCCOc4c(C#CC(C)(C)C(C)(F)F)cccc43)c3c(F)c(F)ccc3n12.